The topological polar surface area (TPSA) is 41.0 Å². The third-order valence-electron chi connectivity index (χ3n) is 3.22. The largest absolute Gasteiger partial charge is 0.354 e. The van der Waals surface area contributed by atoms with E-state index in [1.54, 1.807) is 0 Å². The van der Waals surface area contributed by atoms with E-state index in [-0.39, 0.29) is 0 Å². The predicted molar refractivity (Wildman–Crippen MR) is 65.3 cm³/mol. The maximum Gasteiger partial charge on any atom is 0.222 e. The van der Waals surface area contributed by atoms with Crippen molar-refractivity contribution in [1.29, 1.82) is 0 Å². The monoisotopic (exact) mass is 238 g/mol. The highest BCUT2D eigenvalue weighted by molar-refractivity contribution is 5.22. The van der Waals surface area contributed by atoms with Crippen LogP contribution in [0.4, 0.5) is 10.3 Å². The van der Waals surface area contributed by atoms with Gasteiger partial charge >= 0.3 is 0 Å². The van der Waals surface area contributed by atoms with Crippen molar-refractivity contribution in [3.8, 4) is 0 Å². The van der Waals surface area contributed by atoms with Crippen LogP contribution in [0.2, 0.25) is 0 Å². The predicted octanol–water partition coefficient (Wildman–Crippen LogP) is 1.76. The van der Waals surface area contributed by atoms with Gasteiger partial charge in [-0.05, 0) is 32.7 Å². The van der Waals surface area contributed by atoms with Gasteiger partial charge in [-0.3, -0.25) is 0 Å². The van der Waals surface area contributed by atoms with Gasteiger partial charge in [0, 0.05) is 19.1 Å². The Kier molecular flexibility index (Phi) is 3.89. The molecular weight excluding hydrogens is 219 g/mol. The van der Waals surface area contributed by atoms with Crippen LogP contribution >= 0.6 is 0 Å². The lowest BCUT2D eigenvalue weighted by molar-refractivity contribution is 0.266. The van der Waals surface area contributed by atoms with Crippen molar-refractivity contribution in [2.24, 2.45) is 5.92 Å². The Bertz CT molecular complexity index is 352. The van der Waals surface area contributed by atoms with Gasteiger partial charge in [-0.25, -0.2) is 14.4 Å². The second-order valence-electron chi connectivity index (χ2n) is 4.85. The van der Waals surface area contributed by atoms with E-state index in [0.717, 1.165) is 19.6 Å². The summed E-state index contributed by atoms with van der Waals surface area (Å²) in [4.78, 5) is 10.2. The molecule has 17 heavy (non-hydrogen) atoms. The molecule has 1 aromatic heterocycles. The molecule has 0 amide bonds. The van der Waals surface area contributed by atoms with Gasteiger partial charge in [0.05, 0.1) is 12.4 Å². The van der Waals surface area contributed by atoms with Crippen molar-refractivity contribution in [3.63, 3.8) is 0 Å². The Morgan fingerprint density at radius 2 is 2.18 bits per heavy atom. The quantitative estimate of drug-likeness (QED) is 0.867. The zero-order valence-electron chi connectivity index (χ0n) is 10.4. The minimum Gasteiger partial charge on any atom is -0.354 e. The van der Waals surface area contributed by atoms with Crippen molar-refractivity contribution >= 4 is 5.95 Å². The van der Waals surface area contributed by atoms with Crippen LogP contribution in [0.25, 0.3) is 0 Å². The van der Waals surface area contributed by atoms with Gasteiger partial charge in [0.2, 0.25) is 5.95 Å². The molecule has 0 bridgehead atoms. The molecule has 1 aromatic rings. The standard InChI is InChI=1S/C12H19FN4/c1-9(2)17-4-3-10(8-17)5-14-12-15-6-11(13)7-16-12/h6-7,9-10H,3-5,8H2,1-2H3,(H,14,15,16). The van der Waals surface area contributed by atoms with Crippen molar-refractivity contribution in [2.75, 3.05) is 25.0 Å². The molecular formula is C12H19FN4. The Balaban J connectivity index is 1.78. The number of halogens is 1. The van der Waals surface area contributed by atoms with Gasteiger partial charge in [0.25, 0.3) is 0 Å². The van der Waals surface area contributed by atoms with E-state index in [9.17, 15) is 4.39 Å². The van der Waals surface area contributed by atoms with Crippen molar-refractivity contribution in [2.45, 2.75) is 26.3 Å². The molecule has 0 saturated carbocycles. The van der Waals surface area contributed by atoms with E-state index < -0.39 is 5.82 Å². The van der Waals surface area contributed by atoms with E-state index in [4.69, 9.17) is 0 Å². The second kappa shape index (κ2) is 5.40. The van der Waals surface area contributed by atoms with E-state index in [0.29, 0.717) is 17.9 Å². The smallest absolute Gasteiger partial charge is 0.222 e. The maximum atomic E-state index is 12.6. The van der Waals surface area contributed by atoms with Gasteiger partial charge < -0.3 is 10.2 Å². The molecule has 1 atom stereocenters. The lowest BCUT2D eigenvalue weighted by Gasteiger charge is -2.20. The first-order chi connectivity index (χ1) is 8.15. The van der Waals surface area contributed by atoms with Gasteiger partial charge in [0.15, 0.2) is 5.82 Å². The van der Waals surface area contributed by atoms with Crippen LogP contribution in [0.3, 0.4) is 0 Å². The zero-order chi connectivity index (χ0) is 12.3. The Morgan fingerprint density at radius 1 is 1.47 bits per heavy atom. The van der Waals surface area contributed by atoms with Crippen LogP contribution in [0, 0.1) is 11.7 Å². The van der Waals surface area contributed by atoms with Crippen LogP contribution in [-0.2, 0) is 0 Å². The first-order valence-electron chi connectivity index (χ1n) is 6.10. The zero-order valence-corrected chi connectivity index (χ0v) is 10.4. The molecule has 1 unspecified atom stereocenters. The first-order valence-corrected chi connectivity index (χ1v) is 6.10. The van der Waals surface area contributed by atoms with Crippen LogP contribution in [0.1, 0.15) is 20.3 Å². The molecule has 0 aliphatic carbocycles. The normalized spacial score (nSPS) is 21.1. The average molecular weight is 238 g/mol. The molecule has 1 saturated heterocycles. The van der Waals surface area contributed by atoms with Crippen molar-refractivity contribution in [1.82, 2.24) is 14.9 Å². The minimum absolute atomic E-state index is 0.401. The lowest BCUT2D eigenvalue weighted by atomic mass is 10.1. The summed E-state index contributed by atoms with van der Waals surface area (Å²) in [5.74, 6) is 0.739. The number of hydrogen-bond acceptors (Lipinski definition) is 4. The number of likely N-dealkylation sites (tertiary alicyclic amines) is 1. The van der Waals surface area contributed by atoms with Crippen molar-refractivity contribution in [3.05, 3.63) is 18.2 Å². The summed E-state index contributed by atoms with van der Waals surface area (Å²) < 4.78 is 12.6. The molecule has 5 heteroatoms. The number of nitrogens with zero attached hydrogens (tertiary/aromatic N) is 3. The molecule has 0 aromatic carbocycles. The Hall–Kier alpha value is -1.23. The second-order valence-corrected chi connectivity index (χ2v) is 4.85. The highest BCUT2D eigenvalue weighted by Crippen LogP contribution is 2.18. The summed E-state index contributed by atoms with van der Waals surface area (Å²) in [6, 6.07) is 0.613. The summed E-state index contributed by atoms with van der Waals surface area (Å²) >= 11 is 0. The molecule has 1 aliphatic heterocycles. The molecule has 4 nitrogen and oxygen atoms in total. The fourth-order valence-corrected chi connectivity index (χ4v) is 2.14. The highest BCUT2D eigenvalue weighted by Gasteiger charge is 2.23. The molecule has 0 spiro atoms. The van der Waals surface area contributed by atoms with E-state index in [1.807, 2.05) is 0 Å². The van der Waals surface area contributed by atoms with Crippen LogP contribution in [-0.4, -0.2) is 40.5 Å². The van der Waals surface area contributed by atoms with E-state index >= 15 is 0 Å². The minimum atomic E-state index is -0.401. The fraction of sp³-hybridized carbons (Fsp3) is 0.667. The molecule has 94 valence electrons. The molecule has 2 rings (SSSR count). The Morgan fingerprint density at radius 3 is 2.76 bits per heavy atom. The van der Waals surface area contributed by atoms with Gasteiger partial charge in [0.1, 0.15) is 0 Å². The van der Waals surface area contributed by atoms with Crippen LogP contribution in [0.5, 0.6) is 0 Å². The molecule has 1 fully saturated rings. The van der Waals surface area contributed by atoms with Crippen molar-refractivity contribution < 1.29 is 4.39 Å². The Labute approximate surface area is 101 Å². The first kappa shape index (κ1) is 12.2. The summed E-state index contributed by atoms with van der Waals surface area (Å²) in [6.07, 6.45) is 3.57. The third kappa shape index (κ3) is 3.36. The number of aromatic nitrogens is 2. The van der Waals surface area contributed by atoms with Gasteiger partial charge in [-0.15, -0.1) is 0 Å². The maximum absolute atomic E-state index is 12.6. The lowest BCUT2D eigenvalue weighted by Crippen LogP contribution is -2.29. The number of hydrogen-bond donors (Lipinski definition) is 1. The highest BCUT2D eigenvalue weighted by atomic mass is 19.1. The summed E-state index contributed by atoms with van der Waals surface area (Å²) in [7, 11) is 0. The summed E-state index contributed by atoms with van der Waals surface area (Å²) in [5, 5.41) is 3.16. The van der Waals surface area contributed by atoms with Gasteiger partial charge in [-0.1, -0.05) is 0 Å². The fourth-order valence-electron chi connectivity index (χ4n) is 2.14. The average Bonchev–Trinajstić information content (AvgIpc) is 2.77. The third-order valence-corrected chi connectivity index (χ3v) is 3.22. The number of rotatable bonds is 4. The molecule has 0 radical (unpaired) electrons. The number of anilines is 1. The summed E-state index contributed by atoms with van der Waals surface area (Å²) in [6.45, 7) is 7.58. The summed E-state index contributed by atoms with van der Waals surface area (Å²) in [5.41, 5.74) is 0. The number of nitrogens with one attached hydrogen (secondary N) is 1. The van der Waals surface area contributed by atoms with Gasteiger partial charge in [-0.2, -0.15) is 0 Å². The molecule has 1 N–H and O–H groups in total. The van der Waals surface area contributed by atoms with Crippen LogP contribution < -0.4 is 5.32 Å². The van der Waals surface area contributed by atoms with E-state index in [2.05, 4.69) is 34.0 Å². The van der Waals surface area contributed by atoms with Crippen LogP contribution in [0.15, 0.2) is 12.4 Å². The van der Waals surface area contributed by atoms with E-state index in [1.165, 1.54) is 18.8 Å². The SMILES string of the molecule is CC(C)N1CCC(CNc2ncc(F)cn2)C1. The molecule has 1 aliphatic rings. The molecule has 2 heterocycles.